The van der Waals surface area contributed by atoms with Gasteiger partial charge < -0.3 is 15.0 Å². The summed E-state index contributed by atoms with van der Waals surface area (Å²) in [6.07, 6.45) is 2.26. The number of amides is 1. The van der Waals surface area contributed by atoms with Crippen molar-refractivity contribution in [1.29, 1.82) is 0 Å². The molecular formula is C12H22N2O2. The molecule has 2 aliphatic rings. The van der Waals surface area contributed by atoms with Crippen LogP contribution in [0.4, 0.5) is 0 Å². The molecule has 1 saturated heterocycles. The van der Waals surface area contributed by atoms with Gasteiger partial charge in [-0.15, -0.1) is 0 Å². The first-order valence-electron chi connectivity index (χ1n) is 6.00. The van der Waals surface area contributed by atoms with Crippen LogP contribution in [0.2, 0.25) is 0 Å². The van der Waals surface area contributed by atoms with E-state index in [1.165, 1.54) is 0 Å². The van der Waals surface area contributed by atoms with Gasteiger partial charge in [0.1, 0.15) is 0 Å². The van der Waals surface area contributed by atoms with Crippen molar-refractivity contribution in [2.24, 2.45) is 5.41 Å². The van der Waals surface area contributed by atoms with Gasteiger partial charge in [0.05, 0.1) is 12.1 Å². The summed E-state index contributed by atoms with van der Waals surface area (Å²) in [4.78, 5) is 13.6. The molecule has 3 atom stereocenters. The zero-order chi connectivity index (χ0) is 11.9. The number of hydrogen-bond acceptors (Lipinski definition) is 3. The molecule has 4 nitrogen and oxygen atoms in total. The number of carbonyl (C=O) groups is 1. The van der Waals surface area contributed by atoms with Gasteiger partial charge in [-0.3, -0.25) is 4.79 Å². The van der Waals surface area contributed by atoms with Crippen molar-refractivity contribution >= 4 is 5.91 Å². The first-order valence-corrected chi connectivity index (χ1v) is 6.00. The van der Waals surface area contributed by atoms with Crippen molar-refractivity contribution in [2.45, 2.75) is 44.9 Å². The summed E-state index contributed by atoms with van der Waals surface area (Å²) in [5, 5.41) is 3.48. The molecule has 3 unspecified atom stereocenters. The molecule has 1 aliphatic heterocycles. The Bertz CT molecular complexity index is 291. The molecule has 4 heteroatoms. The third kappa shape index (κ3) is 1.74. The summed E-state index contributed by atoms with van der Waals surface area (Å²) >= 11 is 0. The number of ether oxygens (including phenoxy) is 1. The highest BCUT2D eigenvalue weighted by Crippen LogP contribution is 2.42. The van der Waals surface area contributed by atoms with E-state index < -0.39 is 0 Å². The Morgan fingerprint density at radius 2 is 2.19 bits per heavy atom. The Labute approximate surface area is 97.3 Å². The molecule has 2 rings (SSSR count). The average Bonchev–Trinajstić information content (AvgIpc) is 2.54. The monoisotopic (exact) mass is 226 g/mol. The van der Waals surface area contributed by atoms with Crippen LogP contribution < -0.4 is 5.32 Å². The Morgan fingerprint density at radius 1 is 1.50 bits per heavy atom. The van der Waals surface area contributed by atoms with Crippen molar-refractivity contribution in [3.8, 4) is 0 Å². The Balaban J connectivity index is 1.91. The molecule has 0 aromatic heterocycles. The summed E-state index contributed by atoms with van der Waals surface area (Å²) in [5.74, 6) is 0.233. The Hall–Kier alpha value is -0.610. The highest BCUT2D eigenvalue weighted by molar-refractivity contribution is 5.83. The van der Waals surface area contributed by atoms with E-state index in [9.17, 15) is 4.79 Å². The summed E-state index contributed by atoms with van der Waals surface area (Å²) in [6.45, 7) is 5.27. The van der Waals surface area contributed by atoms with Gasteiger partial charge in [0, 0.05) is 32.2 Å². The second-order valence-corrected chi connectivity index (χ2v) is 5.60. The fourth-order valence-corrected chi connectivity index (χ4v) is 2.79. The van der Waals surface area contributed by atoms with E-state index in [-0.39, 0.29) is 17.4 Å². The number of rotatable bonds is 3. The molecule has 2 fully saturated rings. The van der Waals surface area contributed by atoms with Crippen LogP contribution in [0.3, 0.4) is 0 Å². The van der Waals surface area contributed by atoms with Crippen LogP contribution in [0.15, 0.2) is 0 Å². The number of carbonyl (C=O) groups excluding carboxylic acids is 1. The topological polar surface area (TPSA) is 41.6 Å². The third-order valence-corrected chi connectivity index (χ3v) is 4.29. The lowest BCUT2D eigenvalue weighted by molar-refractivity contribution is -0.131. The van der Waals surface area contributed by atoms with E-state index >= 15 is 0 Å². The number of nitrogens with zero attached hydrogens (tertiary/aromatic N) is 1. The smallest absolute Gasteiger partial charge is 0.239 e. The van der Waals surface area contributed by atoms with E-state index in [2.05, 4.69) is 19.2 Å². The third-order valence-electron chi connectivity index (χ3n) is 4.29. The zero-order valence-corrected chi connectivity index (χ0v) is 10.6. The van der Waals surface area contributed by atoms with E-state index in [0.29, 0.717) is 12.1 Å². The van der Waals surface area contributed by atoms with Crippen molar-refractivity contribution in [3.05, 3.63) is 0 Å². The van der Waals surface area contributed by atoms with E-state index in [1.807, 2.05) is 7.05 Å². The maximum absolute atomic E-state index is 11.8. The summed E-state index contributed by atoms with van der Waals surface area (Å²) in [5.41, 5.74) is 0.135. The molecule has 1 amide bonds. The van der Waals surface area contributed by atoms with Crippen molar-refractivity contribution in [1.82, 2.24) is 10.2 Å². The summed E-state index contributed by atoms with van der Waals surface area (Å²) < 4.78 is 5.41. The van der Waals surface area contributed by atoms with E-state index in [0.717, 1.165) is 19.4 Å². The lowest BCUT2D eigenvalue weighted by Crippen LogP contribution is -2.63. The van der Waals surface area contributed by atoms with Crippen molar-refractivity contribution < 1.29 is 9.53 Å². The number of nitrogens with one attached hydrogen (secondary N) is 1. The van der Waals surface area contributed by atoms with Crippen molar-refractivity contribution in [2.75, 3.05) is 20.7 Å². The molecule has 0 bridgehead atoms. The predicted molar refractivity (Wildman–Crippen MR) is 62.2 cm³/mol. The number of hydrogen-bond donors (Lipinski definition) is 1. The molecule has 1 saturated carbocycles. The van der Waals surface area contributed by atoms with Gasteiger partial charge in [0.15, 0.2) is 0 Å². The Morgan fingerprint density at radius 3 is 2.62 bits per heavy atom. The maximum Gasteiger partial charge on any atom is 0.239 e. The van der Waals surface area contributed by atoms with E-state index in [4.69, 9.17) is 4.74 Å². The highest BCUT2D eigenvalue weighted by atomic mass is 16.5. The lowest BCUT2D eigenvalue weighted by atomic mass is 9.64. The first-order chi connectivity index (χ1) is 7.46. The van der Waals surface area contributed by atoms with E-state index in [1.54, 1.807) is 12.0 Å². The minimum atomic E-state index is 0.0204. The van der Waals surface area contributed by atoms with Crippen LogP contribution in [-0.4, -0.2) is 49.7 Å². The molecular weight excluding hydrogens is 204 g/mol. The van der Waals surface area contributed by atoms with Crippen LogP contribution in [0.25, 0.3) is 0 Å². The first kappa shape index (κ1) is 11.9. The van der Waals surface area contributed by atoms with Crippen LogP contribution in [0.1, 0.15) is 26.7 Å². The zero-order valence-electron chi connectivity index (χ0n) is 10.6. The van der Waals surface area contributed by atoms with Gasteiger partial charge in [0.25, 0.3) is 0 Å². The van der Waals surface area contributed by atoms with Gasteiger partial charge in [-0.25, -0.2) is 0 Å². The Kier molecular flexibility index (Phi) is 2.97. The molecule has 0 aromatic carbocycles. The van der Waals surface area contributed by atoms with Gasteiger partial charge in [0.2, 0.25) is 5.91 Å². The van der Waals surface area contributed by atoms with Crippen LogP contribution >= 0.6 is 0 Å². The van der Waals surface area contributed by atoms with Gasteiger partial charge in [-0.05, 0) is 12.8 Å². The minimum absolute atomic E-state index is 0.0204. The van der Waals surface area contributed by atoms with Gasteiger partial charge in [-0.1, -0.05) is 13.8 Å². The number of likely N-dealkylation sites (N-methyl/N-ethyl adjacent to an activating group) is 1. The summed E-state index contributed by atoms with van der Waals surface area (Å²) in [6, 6.07) is 0.421. The predicted octanol–water partition coefficient (Wildman–Crippen LogP) is 0.620. The number of likely N-dealkylation sites (tertiary alicyclic amines) is 1. The second-order valence-electron chi connectivity index (χ2n) is 5.60. The number of methoxy groups -OCH3 is 1. The summed E-state index contributed by atoms with van der Waals surface area (Å²) in [7, 11) is 3.63. The standard InChI is InChI=1S/C12H22N2O2/c1-12(2)9(7-10(12)16-4)13-8-5-6-14(3)11(8)15/h8-10,13H,5-7H2,1-4H3. The highest BCUT2D eigenvalue weighted by Gasteiger charge is 2.50. The second kappa shape index (κ2) is 4.00. The SMILES string of the molecule is COC1CC(NC2CCN(C)C2=O)C1(C)C. The van der Waals surface area contributed by atoms with Crippen LogP contribution in [0, 0.1) is 5.41 Å². The molecule has 1 aliphatic carbocycles. The molecule has 0 spiro atoms. The fraction of sp³-hybridized carbons (Fsp3) is 0.917. The lowest BCUT2D eigenvalue weighted by Gasteiger charge is -2.52. The fourth-order valence-electron chi connectivity index (χ4n) is 2.79. The molecule has 1 heterocycles. The van der Waals surface area contributed by atoms with Gasteiger partial charge >= 0.3 is 0 Å². The minimum Gasteiger partial charge on any atom is -0.381 e. The molecule has 0 aromatic rings. The molecule has 0 radical (unpaired) electrons. The quantitative estimate of drug-likeness (QED) is 0.767. The molecule has 92 valence electrons. The normalized spacial score (nSPS) is 37.6. The van der Waals surface area contributed by atoms with Crippen LogP contribution in [0.5, 0.6) is 0 Å². The van der Waals surface area contributed by atoms with Gasteiger partial charge in [-0.2, -0.15) is 0 Å². The molecule has 1 N–H and O–H groups in total. The molecule has 16 heavy (non-hydrogen) atoms. The van der Waals surface area contributed by atoms with Crippen LogP contribution in [-0.2, 0) is 9.53 Å². The van der Waals surface area contributed by atoms with Crippen molar-refractivity contribution in [3.63, 3.8) is 0 Å². The average molecular weight is 226 g/mol. The maximum atomic E-state index is 11.8. The largest absolute Gasteiger partial charge is 0.381 e.